The molecule has 4 heteroatoms. The zero-order valence-electron chi connectivity index (χ0n) is 15.2. The largest absolute Gasteiger partial charge is 0.353 e. The predicted molar refractivity (Wildman–Crippen MR) is 98.8 cm³/mol. The van der Waals surface area contributed by atoms with Crippen molar-refractivity contribution in [3.63, 3.8) is 0 Å². The highest BCUT2D eigenvalue weighted by Crippen LogP contribution is 2.30. The van der Waals surface area contributed by atoms with Gasteiger partial charge in [-0.1, -0.05) is 56.5 Å². The first-order valence-corrected chi connectivity index (χ1v) is 9.79. The van der Waals surface area contributed by atoms with Gasteiger partial charge >= 0.3 is 0 Å². The van der Waals surface area contributed by atoms with Crippen molar-refractivity contribution in [2.24, 2.45) is 11.8 Å². The molecule has 1 saturated carbocycles. The predicted octanol–water partition coefficient (Wildman–Crippen LogP) is 3.51. The fraction of sp³-hybridized carbons (Fsp3) is 0.619. The van der Waals surface area contributed by atoms with E-state index in [-0.39, 0.29) is 17.7 Å². The van der Waals surface area contributed by atoms with Gasteiger partial charge in [0.25, 0.3) is 0 Å². The van der Waals surface area contributed by atoms with Crippen LogP contribution in [0, 0.1) is 11.8 Å². The molecule has 25 heavy (non-hydrogen) atoms. The number of hydrogen-bond donors (Lipinski definition) is 1. The van der Waals surface area contributed by atoms with Gasteiger partial charge < -0.3 is 10.2 Å². The third-order valence-corrected chi connectivity index (χ3v) is 5.72. The van der Waals surface area contributed by atoms with Gasteiger partial charge in [0.15, 0.2) is 0 Å². The van der Waals surface area contributed by atoms with E-state index in [9.17, 15) is 9.59 Å². The molecule has 4 nitrogen and oxygen atoms in total. The lowest BCUT2D eigenvalue weighted by Crippen LogP contribution is -2.41. The molecule has 3 rings (SSSR count). The smallest absolute Gasteiger partial charge is 0.225 e. The Kier molecular flexibility index (Phi) is 6.11. The summed E-state index contributed by atoms with van der Waals surface area (Å²) in [7, 11) is 0. The zero-order valence-corrected chi connectivity index (χ0v) is 15.2. The van der Waals surface area contributed by atoms with Crippen LogP contribution in [0.3, 0.4) is 0 Å². The number of hydrogen-bond acceptors (Lipinski definition) is 2. The van der Waals surface area contributed by atoms with Gasteiger partial charge in [0.1, 0.15) is 0 Å². The fourth-order valence-electron chi connectivity index (χ4n) is 4.24. The van der Waals surface area contributed by atoms with Crippen LogP contribution in [0.25, 0.3) is 0 Å². The Morgan fingerprint density at radius 1 is 1.24 bits per heavy atom. The zero-order chi connectivity index (χ0) is 17.6. The quantitative estimate of drug-likeness (QED) is 0.824. The van der Waals surface area contributed by atoms with Crippen LogP contribution >= 0.6 is 0 Å². The average Bonchev–Trinajstić information content (AvgIpc) is 3.21. The van der Waals surface area contributed by atoms with Gasteiger partial charge in [0.2, 0.25) is 11.8 Å². The first-order valence-electron chi connectivity index (χ1n) is 9.79. The van der Waals surface area contributed by atoms with E-state index in [4.69, 9.17) is 0 Å². The normalized spacial score (nSPS) is 26.2. The van der Waals surface area contributed by atoms with Crippen LogP contribution in [0.2, 0.25) is 0 Å². The van der Waals surface area contributed by atoms with Crippen LogP contribution in [-0.2, 0) is 16.1 Å². The molecular formula is C21H30N2O2. The Morgan fingerprint density at radius 2 is 2.04 bits per heavy atom. The van der Waals surface area contributed by atoms with Crippen molar-refractivity contribution in [3.8, 4) is 0 Å². The lowest BCUT2D eigenvalue weighted by Gasteiger charge is -2.23. The molecule has 2 aliphatic rings. The number of benzene rings is 1. The van der Waals surface area contributed by atoms with E-state index in [1.54, 1.807) is 0 Å². The van der Waals surface area contributed by atoms with Gasteiger partial charge in [0.05, 0.1) is 5.92 Å². The fourth-order valence-corrected chi connectivity index (χ4v) is 4.24. The van der Waals surface area contributed by atoms with E-state index in [0.29, 0.717) is 31.5 Å². The second-order valence-electron chi connectivity index (χ2n) is 7.61. The van der Waals surface area contributed by atoms with Crippen LogP contribution in [0.1, 0.15) is 57.4 Å². The number of nitrogens with zero attached hydrogens (tertiary/aromatic N) is 1. The number of carbonyl (C=O) groups excluding carboxylic acids is 2. The van der Waals surface area contributed by atoms with Crippen LogP contribution in [0.15, 0.2) is 30.3 Å². The van der Waals surface area contributed by atoms with Crippen LogP contribution in [0.5, 0.6) is 0 Å². The summed E-state index contributed by atoms with van der Waals surface area (Å²) in [4.78, 5) is 26.8. The summed E-state index contributed by atoms with van der Waals surface area (Å²) in [5, 5.41) is 3.27. The Balaban J connectivity index is 1.52. The van der Waals surface area contributed by atoms with Crippen molar-refractivity contribution in [1.29, 1.82) is 0 Å². The van der Waals surface area contributed by atoms with Crippen LogP contribution in [-0.4, -0.2) is 29.3 Å². The molecule has 2 amide bonds. The second-order valence-corrected chi connectivity index (χ2v) is 7.61. The van der Waals surface area contributed by atoms with E-state index in [0.717, 1.165) is 12.0 Å². The maximum Gasteiger partial charge on any atom is 0.225 e. The summed E-state index contributed by atoms with van der Waals surface area (Å²) < 4.78 is 0. The van der Waals surface area contributed by atoms with Gasteiger partial charge in [-0.2, -0.15) is 0 Å². The number of rotatable bonds is 7. The summed E-state index contributed by atoms with van der Waals surface area (Å²) in [6.07, 6.45) is 7.55. The standard InChI is InChI=1S/C21H30N2O2/c1-2-3-10-17-11-7-12-19(17)22-21(25)18-13-20(24)23(15-18)14-16-8-5-4-6-9-16/h4-6,8-9,17-19H,2-3,7,10-15H2,1H3,(H,22,25). The van der Waals surface area contributed by atoms with E-state index >= 15 is 0 Å². The summed E-state index contributed by atoms with van der Waals surface area (Å²) in [6, 6.07) is 10.3. The lowest BCUT2D eigenvalue weighted by molar-refractivity contribution is -0.129. The molecular weight excluding hydrogens is 312 g/mol. The summed E-state index contributed by atoms with van der Waals surface area (Å²) in [6.45, 7) is 3.37. The molecule has 1 aliphatic carbocycles. The minimum atomic E-state index is -0.191. The Morgan fingerprint density at radius 3 is 2.80 bits per heavy atom. The molecule has 1 saturated heterocycles. The molecule has 3 unspecified atom stereocenters. The molecule has 0 bridgehead atoms. The van der Waals surface area contributed by atoms with E-state index in [1.165, 1.54) is 32.1 Å². The van der Waals surface area contributed by atoms with Crippen LogP contribution in [0.4, 0.5) is 0 Å². The topological polar surface area (TPSA) is 49.4 Å². The molecule has 2 fully saturated rings. The third-order valence-electron chi connectivity index (χ3n) is 5.72. The molecule has 1 N–H and O–H groups in total. The minimum Gasteiger partial charge on any atom is -0.353 e. The maximum atomic E-state index is 12.7. The van der Waals surface area contributed by atoms with Gasteiger partial charge in [-0.05, 0) is 30.7 Å². The second kappa shape index (κ2) is 8.50. The molecule has 1 aromatic carbocycles. The van der Waals surface area contributed by atoms with Crippen molar-refractivity contribution in [1.82, 2.24) is 10.2 Å². The molecule has 0 spiro atoms. The monoisotopic (exact) mass is 342 g/mol. The summed E-state index contributed by atoms with van der Waals surface area (Å²) in [5.74, 6) is 0.611. The number of nitrogens with one attached hydrogen (secondary N) is 1. The average molecular weight is 342 g/mol. The van der Waals surface area contributed by atoms with E-state index < -0.39 is 0 Å². The maximum absolute atomic E-state index is 12.7. The minimum absolute atomic E-state index is 0.0808. The molecule has 3 atom stereocenters. The Hall–Kier alpha value is -1.84. The molecule has 136 valence electrons. The highest BCUT2D eigenvalue weighted by Gasteiger charge is 2.36. The van der Waals surface area contributed by atoms with E-state index in [2.05, 4.69) is 12.2 Å². The van der Waals surface area contributed by atoms with Crippen molar-refractivity contribution in [2.75, 3.05) is 6.54 Å². The number of likely N-dealkylation sites (tertiary alicyclic amines) is 1. The molecule has 0 radical (unpaired) electrons. The first kappa shape index (κ1) is 18.0. The van der Waals surface area contributed by atoms with Crippen molar-refractivity contribution in [3.05, 3.63) is 35.9 Å². The number of unbranched alkanes of at least 4 members (excludes halogenated alkanes) is 1. The molecule has 1 heterocycles. The summed E-state index contributed by atoms with van der Waals surface area (Å²) in [5.41, 5.74) is 1.12. The van der Waals surface area contributed by atoms with Gasteiger partial charge in [0, 0.05) is 25.6 Å². The first-order chi connectivity index (χ1) is 12.2. The molecule has 0 aromatic heterocycles. The highest BCUT2D eigenvalue weighted by atomic mass is 16.2. The van der Waals surface area contributed by atoms with E-state index in [1.807, 2.05) is 35.2 Å². The van der Waals surface area contributed by atoms with Crippen molar-refractivity contribution < 1.29 is 9.59 Å². The molecule has 1 aliphatic heterocycles. The van der Waals surface area contributed by atoms with Gasteiger partial charge in [-0.15, -0.1) is 0 Å². The SMILES string of the molecule is CCCCC1CCCC1NC(=O)C1CC(=O)N(Cc2ccccc2)C1. The van der Waals surface area contributed by atoms with Crippen LogP contribution < -0.4 is 5.32 Å². The lowest BCUT2D eigenvalue weighted by atomic mass is 9.96. The number of carbonyl (C=O) groups is 2. The summed E-state index contributed by atoms with van der Waals surface area (Å²) >= 11 is 0. The highest BCUT2D eigenvalue weighted by molar-refractivity contribution is 5.89. The van der Waals surface area contributed by atoms with Crippen molar-refractivity contribution >= 4 is 11.8 Å². The third kappa shape index (κ3) is 4.62. The van der Waals surface area contributed by atoms with Crippen molar-refractivity contribution in [2.45, 2.75) is 64.5 Å². The van der Waals surface area contributed by atoms with Gasteiger partial charge in [-0.25, -0.2) is 0 Å². The Labute approximate surface area is 151 Å². The Bertz CT molecular complexity index is 587. The number of amides is 2. The molecule has 1 aromatic rings. The van der Waals surface area contributed by atoms with Gasteiger partial charge in [-0.3, -0.25) is 9.59 Å².